The van der Waals surface area contributed by atoms with E-state index >= 15 is 0 Å². The minimum absolute atomic E-state index is 1.15. The normalized spacial score (nSPS) is 12.1. The highest BCUT2D eigenvalue weighted by atomic mass is 15.0. The largest absolute Gasteiger partial charge is 0.309 e. The predicted molar refractivity (Wildman–Crippen MR) is 207 cm³/mol. The third-order valence-corrected chi connectivity index (χ3v) is 10.4. The third-order valence-electron chi connectivity index (χ3n) is 10.4. The zero-order valence-corrected chi connectivity index (χ0v) is 26.6. The molecule has 49 heavy (non-hydrogen) atoms. The van der Waals surface area contributed by atoms with Crippen LogP contribution in [0.4, 0.5) is 0 Å². The lowest BCUT2D eigenvalue weighted by atomic mass is 10.1. The van der Waals surface area contributed by atoms with Gasteiger partial charge in [-0.1, -0.05) is 121 Å². The zero-order valence-electron chi connectivity index (χ0n) is 26.6. The van der Waals surface area contributed by atoms with E-state index in [9.17, 15) is 0 Å². The van der Waals surface area contributed by atoms with Gasteiger partial charge in [0.1, 0.15) is 0 Å². The SMILES string of the molecule is c1ccc(-n2c3ccccc3c3cc(-n4c5ccccc5c5ccc6c7ccccc7n(-c7cccc8ccccc78)c6c54)ccc32)cc1. The fraction of sp³-hybridized carbons (Fsp3) is 0. The van der Waals surface area contributed by atoms with Gasteiger partial charge in [0.15, 0.2) is 0 Å². The number of hydrogen-bond donors (Lipinski definition) is 0. The van der Waals surface area contributed by atoms with E-state index < -0.39 is 0 Å². The lowest BCUT2D eigenvalue weighted by Gasteiger charge is -2.14. The lowest BCUT2D eigenvalue weighted by molar-refractivity contribution is 1.15. The molecular weight excluding hydrogens is 595 g/mol. The molecule has 3 nitrogen and oxygen atoms in total. The second kappa shape index (κ2) is 9.96. The van der Waals surface area contributed by atoms with Gasteiger partial charge in [-0.05, 0) is 60.0 Å². The quantitative estimate of drug-likeness (QED) is 0.186. The van der Waals surface area contributed by atoms with Crippen LogP contribution in [0.1, 0.15) is 0 Å². The highest BCUT2D eigenvalue weighted by Crippen LogP contribution is 2.43. The second-order valence-electron chi connectivity index (χ2n) is 13.0. The molecule has 3 heterocycles. The first kappa shape index (κ1) is 26.5. The molecule has 0 radical (unpaired) electrons. The number of hydrogen-bond acceptors (Lipinski definition) is 0. The van der Waals surface area contributed by atoms with Crippen LogP contribution in [0.3, 0.4) is 0 Å². The highest BCUT2D eigenvalue weighted by Gasteiger charge is 2.22. The van der Waals surface area contributed by atoms with Gasteiger partial charge in [0, 0.05) is 49.1 Å². The van der Waals surface area contributed by atoms with Gasteiger partial charge in [-0.3, -0.25) is 0 Å². The van der Waals surface area contributed by atoms with Crippen LogP contribution in [0.2, 0.25) is 0 Å². The molecule has 11 rings (SSSR count). The summed E-state index contributed by atoms with van der Waals surface area (Å²) in [5, 5.41) is 9.97. The Morgan fingerprint density at radius 2 is 0.776 bits per heavy atom. The molecule has 228 valence electrons. The molecule has 0 amide bonds. The van der Waals surface area contributed by atoms with Crippen molar-refractivity contribution in [1.29, 1.82) is 0 Å². The van der Waals surface area contributed by atoms with E-state index in [1.807, 2.05) is 0 Å². The van der Waals surface area contributed by atoms with Crippen LogP contribution in [0, 0.1) is 0 Å². The Morgan fingerprint density at radius 3 is 1.49 bits per heavy atom. The average Bonchev–Trinajstić information content (AvgIpc) is 3.80. The Bertz CT molecular complexity index is 3090. The van der Waals surface area contributed by atoms with E-state index in [1.54, 1.807) is 0 Å². The minimum atomic E-state index is 1.15. The smallest absolute Gasteiger partial charge is 0.0789 e. The second-order valence-corrected chi connectivity index (χ2v) is 13.0. The van der Waals surface area contributed by atoms with Gasteiger partial charge >= 0.3 is 0 Å². The maximum Gasteiger partial charge on any atom is 0.0789 e. The Kier molecular flexibility index (Phi) is 5.38. The van der Waals surface area contributed by atoms with E-state index in [2.05, 4.69) is 190 Å². The molecule has 0 bridgehead atoms. The molecule has 0 aliphatic rings. The molecule has 3 heteroatoms. The summed E-state index contributed by atoms with van der Waals surface area (Å²) in [7, 11) is 0. The summed E-state index contributed by atoms with van der Waals surface area (Å²) in [5.41, 5.74) is 10.8. The Morgan fingerprint density at radius 1 is 0.265 bits per heavy atom. The van der Waals surface area contributed by atoms with Crippen molar-refractivity contribution < 1.29 is 0 Å². The first-order chi connectivity index (χ1) is 24.3. The minimum Gasteiger partial charge on any atom is -0.309 e. The van der Waals surface area contributed by atoms with Crippen molar-refractivity contribution in [3.63, 3.8) is 0 Å². The zero-order chi connectivity index (χ0) is 32.1. The van der Waals surface area contributed by atoms with Crippen LogP contribution in [0.5, 0.6) is 0 Å². The van der Waals surface area contributed by atoms with E-state index in [0.717, 1.165) is 5.69 Å². The van der Waals surface area contributed by atoms with E-state index in [-0.39, 0.29) is 0 Å². The predicted octanol–water partition coefficient (Wildman–Crippen LogP) is 12.1. The van der Waals surface area contributed by atoms with Crippen molar-refractivity contribution in [2.75, 3.05) is 0 Å². The summed E-state index contributed by atoms with van der Waals surface area (Å²) >= 11 is 0. The number of benzene rings is 8. The van der Waals surface area contributed by atoms with Gasteiger partial charge in [-0.25, -0.2) is 0 Å². The van der Waals surface area contributed by atoms with Crippen LogP contribution >= 0.6 is 0 Å². The fourth-order valence-electron chi connectivity index (χ4n) is 8.38. The van der Waals surface area contributed by atoms with Crippen LogP contribution < -0.4 is 0 Å². The van der Waals surface area contributed by atoms with Crippen molar-refractivity contribution in [2.45, 2.75) is 0 Å². The monoisotopic (exact) mass is 623 g/mol. The van der Waals surface area contributed by atoms with E-state index in [4.69, 9.17) is 0 Å². The van der Waals surface area contributed by atoms with Crippen LogP contribution in [0.15, 0.2) is 176 Å². The standard InChI is InChI=1S/C46H29N3/c1-2-15-31(16-3-1)47-41-21-9-8-20-36(41)39-29-32(25-28-44(39)47)48-42-22-10-6-18-34(42)37-26-27-38-35-19-7-11-23-43(35)49(46(38)45(37)48)40-24-12-14-30-13-4-5-17-33(30)40/h1-29H. The number of fused-ring (bicyclic) bond motifs is 11. The first-order valence-electron chi connectivity index (χ1n) is 16.9. The fourth-order valence-corrected chi connectivity index (χ4v) is 8.38. The summed E-state index contributed by atoms with van der Waals surface area (Å²) in [6, 6.07) is 64.2. The lowest BCUT2D eigenvalue weighted by Crippen LogP contribution is -1.99. The van der Waals surface area contributed by atoms with Crippen LogP contribution in [0.25, 0.3) is 93.3 Å². The molecule has 0 N–H and O–H groups in total. The van der Waals surface area contributed by atoms with Gasteiger partial charge in [0.2, 0.25) is 0 Å². The molecule has 0 aliphatic carbocycles. The molecule has 0 spiro atoms. The molecule has 0 aliphatic heterocycles. The molecule has 8 aromatic carbocycles. The summed E-state index contributed by atoms with van der Waals surface area (Å²) < 4.78 is 7.39. The summed E-state index contributed by atoms with van der Waals surface area (Å²) in [6.07, 6.45) is 0. The maximum absolute atomic E-state index is 2.50. The number of para-hydroxylation sites is 4. The van der Waals surface area contributed by atoms with Gasteiger partial charge in [0.05, 0.1) is 38.8 Å². The third kappa shape index (κ3) is 3.62. The van der Waals surface area contributed by atoms with Crippen molar-refractivity contribution in [1.82, 2.24) is 13.7 Å². The molecule has 11 aromatic rings. The van der Waals surface area contributed by atoms with Gasteiger partial charge in [0.25, 0.3) is 0 Å². The van der Waals surface area contributed by atoms with Gasteiger partial charge in [-0.15, -0.1) is 0 Å². The molecule has 0 saturated heterocycles. The van der Waals surface area contributed by atoms with Crippen molar-refractivity contribution in [2.24, 2.45) is 0 Å². The van der Waals surface area contributed by atoms with E-state index in [0.29, 0.717) is 0 Å². The molecule has 0 unspecified atom stereocenters. The average molecular weight is 624 g/mol. The van der Waals surface area contributed by atoms with Crippen LogP contribution in [-0.4, -0.2) is 13.7 Å². The highest BCUT2D eigenvalue weighted by molar-refractivity contribution is 6.24. The molecule has 0 saturated carbocycles. The summed E-state index contributed by atoms with van der Waals surface area (Å²) in [5.74, 6) is 0. The van der Waals surface area contributed by atoms with Crippen molar-refractivity contribution >= 4 is 76.2 Å². The molecular formula is C46H29N3. The molecule has 0 atom stereocenters. The van der Waals surface area contributed by atoms with Crippen LogP contribution in [-0.2, 0) is 0 Å². The number of aromatic nitrogens is 3. The van der Waals surface area contributed by atoms with Gasteiger partial charge < -0.3 is 13.7 Å². The maximum atomic E-state index is 2.50. The Hall–Kier alpha value is -6.58. The summed E-state index contributed by atoms with van der Waals surface area (Å²) in [4.78, 5) is 0. The topological polar surface area (TPSA) is 14.8 Å². The van der Waals surface area contributed by atoms with E-state index in [1.165, 1.54) is 87.6 Å². The van der Waals surface area contributed by atoms with Gasteiger partial charge in [-0.2, -0.15) is 0 Å². The Balaban J connectivity index is 1.32. The van der Waals surface area contributed by atoms with Crippen molar-refractivity contribution in [3.05, 3.63) is 176 Å². The number of rotatable bonds is 3. The Labute approximate surface area is 282 Å². The summed E-state index contributed by atoms with van der Waals surface area (Å²) in [6.45, 7) is 0. The number of nitrogens with zero attached hydrogens (tertiary/aromatic N) is 3. The molecule has 0 fully saturated rings. The first-order valence-corrected chi connectivity index (χ1v) is 16.9. The van der Waals surface area contributed by atoms with Crippen molar-refractivity contribution in [3.8, 4) is 17.1 Å². The molecule has 3 aromatic heterocycles.